The van der Waals surface area contributed by atoms with Gasteiger partial charge in [-0.05, 0) is 50.4 Å². The molecule has 1 fully saturated rings. The van der Waals surface area contributed by atoms with E-state index in [9.17, 15) is 21.6 Å². The minimum absolute atomic E-state index is 0.0896. The molecule has 2 aromatic rings. The van der Waals surface area contributed by atoms with Crippen molar-refractivity contribution < 1.29 is 31.1 Å². The highest BCUT2D eigenvalue weighted by Gasteiger charge is 2.28. The van der Waals surface area contributed by atoms with Crippen molar-refractivity contribution in [1.29, 1.82) is 0 Å². The first-order valence-corrected chi connectivity index (χ1v) is 13.7. The van der Waals surface area contributed by atoms with E-state index in [0.717, 1.165) is 0 Å². The van der Waals surface area contributed by atoms with Gasteiger partial charge in [-0.2, -0.15) is 9.03 Å². The van der Waals surface area contributed by atoms with Crippen molar-refractivity contribution in [2.45, 2.75) is 22.8 Å². The maximum atomic E-state index is 12.8. The number of likely N-dealkylation sites (N-methyl/N-ethyl adjacent to an activating group) is 1. The lowest BCUT2D eigenvalue weighted by molar-refractivity contribution is -0.117. The molecule has 1 saturated heterocycles. The number of piperazine rings is 1. The Morgan fingerprint density at radius 3 is 2.03 bits per heavy atom. The summed E-state index contributed by atoms with van der Waals surface area (Å²) in [4.78, 5) is 14.7. The van der Waals surface area contributed by atoms with Crippen LogP contribution in [0.3, 0.4) is 0 Å². The Hall–Kier alpha value is -2.71. The van der Waals surface area contributed by atoms with E-state index in [2.05, 4.69) is 14.9 Å². The third-order valence-electron chi connectivity index (χ3n) is 5.61. The Labute approximate surface area is 206 Å². The van der Waals surface area contributed by atoms with Gasteiger partial charge in [-0.3, -0.25) is 4.79 Å². The lowest BCUT2D eigenvalue weighted by Gasteiger charge is -2.31. The number of nitrogens with one attached hydrogen (secondary N) is 2. The molecule has 1 aliphatic rings. The van der Waals surface area contributed by atoms with Crippen molar-refractivity contribution in [2.24, 2.45) is 0 Å². The number of ether oxygens (including phenoxy) is 2. The standard InChI is InChI=1S/C22H30N4O7S2/c1-16(24-34(28,29)19-9-10-20(32-3)21(15-19)33-4)22(27)23-17-5-7-18(8-6-17)35(30,31)26-13-11-25(2)12-14-26/h5-10,15-16,24H,11-14H2,1-4H3,(H,23,27). The van der Waals surface area contributed by atoms with E-state index in [1.54, 1.807) is 0 Å². The van der Waals surface area contributed by atoms with Crippen LogP contribution in [0.2, 0.25) is 0 Å². The molecular formula is C22H30N4O7S2. The van der Waals surface area contributed by atoms with Crippen molar-refractivity contribution in [3.63, 3.8) is 0 Å². The quantitative estimate of drug-likeness (QED) is 0.493. The van der Waals surface area contributed by atoms with Gasteiger partial charge in [0.1, 0.15) is 0 Å². The smallest absolute Gasteiger partial charge is 0.243 e. The molecule has 35 heavy (non-hydrogen) atoms. The van der Waals surface area contributed by atoms with Crippen LogP contribution in [-0.2, 0) is 24.8 Å². The second-order valence-corrected chi connectivity index (χ2v) is 11.7. The van der Waals surface area contributed by atoms with Crippen LogP contribution < -0.4 is 19.5 Å². The number of carbonyl (C=O) groups excluding carboxylic acids is 1. The van der Waals surface area contributed by atoms with E-state index >= 15 is 0 Å². The number of benzene rings is 2. The number of sulfonamides is 2. The normalized spacial score (nSPS) is 16.5. The molecule has 1 heterocycles. The summed E-state index contributed by atoms with van der Waals surface area (Å²) < 4.78 is 65.1. The third kappa shape index (κ3) is 6.30. The lowest BCUT2D eigenvalue weighted by Crippen LogP contribution is -2.47. The largest absolute Gasteiger partial charge is 0.493 e. The van der Waals surface area contributed by atoms with E-state index in [4.69, 9.17) is 9.47 Å². The molecule has 0 aliphatic carbocycles. The first kappa shape index (κ1) is 26.9. The summed E-state index contributed by atoms with van der Waals surface area (Å²) in [5.41, 5.74) is 0.337. The second kappa shape index (κ2) is 10.9. The predicted molar refractivity (Wildman–Crippen MR) is 131 cm³/mol. The number of hydrogen-bond donors (Lipinski definition) is 2. The molecule has 1 unspecified atom stereocenters. The number of hydrogen-bond acceptors (Lipinski definition) is 8. The Kier molecular flexibility index (Phi) is 8.38. The highest BCUT2D eigenvalue weighted by atomic mass is 32.2. The van der Waals surface area contributed by atoms with Crippen molar-refractivity contribution >= 4 is 31.6 Å². The monoisotopic (exact) mass is 526 g/mol. The summed E-state index contributed by atoms with van der Waals surface area (Å²) in [5, 5.41) is 2.59. The Bertz CT molecular complexity index is 1260. The Morgan fingerprint density at radius 1 is 0.886 bits per heavy atom. The number of rotatable bonds is 9. The summed E-state index contributed by atoms with van der Waals surface area (Å²) in [6.45, 7) is 3.54. The molecule has 192 valence electrons. The van der Waals surface area contributed by atoms with Crippen LogP contribution in [-0.4, -0.2) is 85.4 Å². The summed E-state index contributed by atoms with van der Waals surface area (Å²) in [6, 6.07) is 8.76. The number of methoxy groups -OCH3 is 2. The zero-order valence-electron chi connectivity index (χ0n) is 20.0. The van der Waals surface area contributed by atoms with Crippen LogP contribution in [0.1, 0.15) is 6.92 Å². The molecule has 13 heteroatoms. The zero-order chi connectivity index (χ0) is 25.8. The van der Waals surface area contributed by atoms with Crippen LogP contribution in [0.5, 0.6) is 11.5 Å². The van der Waals surface area contributed by atoms with Crippen LogP contribution in [0.25, 0.3) is 0 Å². The van der Waals surface area contributed by atoms with Gasteiger partial charge in [-0.1, -0.05) is 0 Å². The molecule has 1 atom stereocenters. The van der Waals surface area contributed by atoms with Crippen LogP contribution in [0.4, 0.5) is 5.69 Å². The zero-order valence-corrected chi connectivity index (χ0v) is 21.6. The van der Waals surface area contributed by atoms with Crippen molar-refractivity contribution in [1.82, 2.24) is 13.9 Å². The van der Waals surface area contributed by atoms with E-state index in [1.807, 2.05) is 7.05 Å². The molecule has 0 spiro atoms. The highest BCUT2D eigenvalue weighted by molar-refractivity contribution is 7.89. The van der Waals surface area contributed by atoms with Gasteiger partial charge < -0.3 is 19.7 Å². The first-order chi connectivity index (χ1) is 16.5. The van der Waals surface area contributed by atoms with Crippen molar-refractivity contribution in [2.75, 3.05) is 52.8 Å². The molecule has 2 aromatic carbocycles. The number of nitrogens with zero attached hydrogens (tertiary/aromatic N) is 2. The average Bonchev–Trinajstić information content (AvgIpc) is 2.83. The fourth-order valence-electron chi connectivity index (χ4n) is 3.48. The predicted octanol–water partition coefficient (Wildman–Crippen LogP) is 0.945. The van der Waals surface area contributed by atoms with E-state index in [1.165, 1.54) is 67.9 Å². The van der Waals surface area contributed by atoms with Gasteiger partial charge in [0.05, 0.1) is 30.1 Å². The van der Waals surface area contributed by atoms with Crippen LogP contribution >= 0.6 is 0 Å². The number of carbonyl (C=O) groups is 1. The molecule has 0 saturated carbocycles. The molecule has 0 aromatic heterocycles. The van der Waals surface area contributed by atoms with Crippen molar-refractivity contribution in [3.8, 4) is 11.5 Å². The molecule has 0 radical (unpaired) electrons. The maximum absolute atomic E-state index is 12.8. The minimum atomic E-state index is -4.03. The fourth-order valence-corrected chi connectivity index (χ4v) is 6.12. The summed E-state index contributed by atoms with van der Waals surface area (Å²) in [6.07, 6.45) is 0. The molecule has 0 bridgehead atoms. The SMILES string of the molecule is COc1ccc(S(=O)(=O)NC(C)C(=O)Nc2ccc(S(=O)(=O)N3CCN(C)CC3)cc2)cc1OC. The summed E-state index contributed by atoms with van der Waals surface area (Å²) in [5.74, 6) is -0.00172. The van der Waals surface area contributed by atoms with E-state index in [-0.39, 0.29) is 15.5 Å². The fraction of sp³-hybridized carbons (Fsp3) is 0.409. The van der Waals surface area contributed by atoms with Gasteiger partial charge in [0.25, 0.3) is 0 Å². The van der Waals surface area contributed by atoms with Gasteiger partial charge in [0.2, 0.25) is 26.0 Å². The van der Waals surface area contributed by atoms with Gasteiger partial charge >= 0.3 is 0 Å². The maximum Gasteiger partial charge on any atom is 0.243 e. The van der Waals surface area contributed by atoms with E-state index in [0.29, 0.717) is 37.6 Å². The molecule has 11 nitrogen and oxygen atoms in total. The Balaban J connectivity index is 1.65. The van der Waals surface area contributed by atoms with Crippen molar-refractivity contribution in [3.05, 3.63) is 42.5 Å². The second-order valence-electron chi connectivity index (χ2n) is 8.08. The lowest BCUT2D eigenvalue weighted by atomic mass is 10.3. The molecular weight excluding hydrogens is 496 g/mol. The van der Waals surface area contributed by atoms with Crippen LogP contribution in [0, 0.1) is 0 Å². The third-order valence-corrected chi connectivity index (χ3v) is 9.06. The molecule has 3 rings (SSSR count). The molecule has 1 amide bonds. The highest BCUT2D eigenvalue weighted by Crippen LogP contribution is 2.29. The minimum Gasteiger partial charge on any atom is -0.493 e. The van der Waals surface area contributed by atoms with E-state index < -0.39 is 32.0 Å². The Morgan fingerprint density at radius 2 is 1.46 bits per heavy atom. The summed E-state index contributed by atoms with van der Waals surface area (Å²) >= 11 is 0. The summed E-state index contributed by atoms with van der Waals surface area (Å²) in [7, 11) is -2.90. The molecule has 1 aliphatic heterocycles. The van der Waals surface area contributed by atoms with Gasteiger partial charge in [-0.15, -0.1) is 0 Å². The number of amides is 1. The average molecular weight is 527 g/mol. The number of anilines is 1. The van der Waals surface area contributed by atoms with Crippen LogP contribution in [0.15, 0.2) is 52.3 Å². The molecule has 2 N–H and O–H groups in total. The topological polar surface area (TPSA) is 134 Å². The first-order valence-electron chi connectivity index (χ1n) is 10.8. The van der Waals surface area contributed by atoms with Gasteiger partial charge in [-0.25, -0.2) is 16.8 Å². The van der Waals surface area contributed by atoms with Gasteiger partial charge in [0.15, 0.2) is 11.5 Å². The van der Waals surface area contributed by atoms with Gasteiger partial charge in [0, 0.05) is 37.9 Å².